The Morgan fingerprint density at radius 1 is 1.03 bits per heavy atom. The Hall–Kier alpha value is -2.96. The van der Waals surface area contributed by atoms with Gasteiger partial charge in [-0.2, -0.15) is 0 Å². The van der Waals surface area contributed by atoms with E-state index in [2.05, 4.69) is 20.9 Å². The summed E-state index contributed by atoms with van der Waals surface area (Å²) in [6.45, 7) is 0. The highest BCUT2D eigenvalue weighted by Crippen LogP contribution is 2.40. The van der Waals surface area contributed by atoms with Gasteiger partial charge in [-0.05, 0) is 48.0 Å². The number of anilines is 1. The molecule has 0 bridgehead atoms. The molecule has 1 aliphatic heterocycles. The quantitative estimate of drug-likeness (QED) is 0.398. The van der Waals surface area contributed by atoms with Crippen molar-refractivity contribution in [2.24, 2.45) is 0 Å². The summed E-state index contributed by atoms with van der Waals surface area (Å²) >= 11 is 9.52. The summed E-state index contributed by atoms with van der Waals surface area (Å²) in [5, 5.41) is 0.768. The van der Waals surface area contributed by atoms with Gasteiger partial charge in [0.05, 0.1) is 17.0 Å². The van der Waals surface area contributed by atoms with Crippen molar-refractivity contribution in [3.05, 3.63) is 103 Å². The molecule has 0 aliphatic carbocycles. The van der Waals surface area contributed by atoms with Gasteiger partial charge in [-0.15, -0.1) is 0 Å². The topological polar surface area (TPSA) is 63.4 Å². The van der Waals surface area contributed by atoms with Gasteiger partial charge in [0.15, 0.2) is 5.43 Å². The average Bonchev–Trinajstić information content (AvgIpc) is 3.03. The predicted molar refractivity (Wildman–Crippen MR) is 115 cm³/mol. The summed E-state index contributed by atoms with van der Waals surface area (Å²) in [4.78, 5) is 32.6. The van der Waals surface area contributed by atoms with Gasteiger partial charge in [0.2, 0.25) is 5.76 Å². The molecule has 1 amide bonds. The zero-order valence-corrected chi connectivity index (χ0v) is 17.1. The first-order valence-corrected chi connectivity index (χ1v) is 9.98. The molecule has 5 nitrogen and oxygen atoms in total. The minimum absolute atomic E-state index is 0.0309. The van der Waals surface area contributed by atoms with Gasteiger partial charge in [0, 0.05) is 15.7 Å². The van der Waals surface area contributed by atoms with E-state index < -0.39 is 11.9 Å². The molecule has 0 spiro atoms. The number of fused-ring (bicyclic) bond motifs is 2. The Bertz CT molecular complexity index is 1320. The molecule has 0 saturated carbocycles. The van der Waals surface area contributed by atoms with E-state index in [9.17, 15) is 9.59 Å². The standard InChI is InChI=1S/C22H12BrClN2O3/c23-13-6-4-12(5-7-13)19-18-20(27)15-11-14(24)8-9-16(15)29-21(18)22(28)26(19)17-3-1-2-10-25-17/h1-11,19H/t19-/m1/s1. The van der Waals surface area contributed by atoms with Gasteiger partial charge < -0.3 is 4.42 Å². The molecule has 5 rings (SSSR count). The third-order valence-corrected chi connectivity index (χ3v) is 5.68. The van der Waals surface area contributed by atoms with Crippen LogP contribution in [-0.4, -0.2) is 10.9 Å². The number of benzene rings is 2. The fraction of sp³-hybridized carbons (Fsp3) is 0.0455. The first-order valence-electron chi connectivity index (χ1n) is 8.81. The molecule has 1 atom stereocenters. The SMILES string of the molecule is O=C1c2oc3ccc(Cl)cc3c(=O)c2[C@@H](c2ccc(Br)cc2)N1c1ccccn1. The van der Waals surface area contributed by atoms with Gasteiger partial charge in [0.25, 0.3) is 5.91 Å². The smallest absolute Gasteiger partial charge is 0.296 e. The van der Waals surface area contributed by atoms with Crippen molar-refractivity contribution in [2.75, 3.05) is 4.90 Å². The number of carbonyl (C=O) groups excluding carboxylic acids is 1. The summed E-state index contributed by atoms with van der Waals surface area (Å²) in [5.41, 5.74) is 1.12. The Labute approximate surface area is 178 Å². The number of amides is 1. The van der Waals surface area contributed by atoms with Gasteiger partial charge in [-0.3, -0.25) is 14.5 Å². The Kier molecular flexibility index (Phi) is 4.26. The number of halogens is 2. The molecule has 0 unspecified atom stereocenters. The Balaban J connectivity index is 1.83. The van der Waals surface area contributed by atoms with Gasteiger partial charge >= 0.3 is 0 Å². The molecule has 0 N–H and O–H groups in total. The van der Waals surface area contributed by atoms with Crippen molar-refractivity contribution in [1.82, 2.24) is 4.98 Å². The molecule has 2 aromatic heterocycles. The Morgan fingerprint density at radius 2 is 1.83 bits per heavy atom. The number of hydrogen-bond donors (Lipinski definition) is 0. The van der Waals surface area contributed by atoms with Crippen LogP contribution in [0.4, 0.5) is 5.82 Å². The number of carbonyl (C=O) groups is 1. The lowest BCUT2D eigenvalue weighted by molar-refractivity contribution is 0.0970. The van der Waals surface area contributed by atoms with Crippen molar-refractivity contribution >= 4 is 50.2 Å². The highest BCUT2D eigenvalue weighted by molar-refractivity contribution is 9.10. The fourth-order valence-corrected chi connectivity index (χ4v) is 4.07. The minimum Gasteiger partial charge on any atom is -0.450 e. The van der Waals surface area contributed by atoms with Crippen molar-refractivity contribution in [2.45, 2.75) is 6.04 Å². The van der Waals surface area contributed by atoms with Crippen LogP contribution in [0.3, 0.4) is 0 Å². The number of nitrogens with zero attached hydrogens (tertiary/aromatic N) is 2. The molecule has 29 heavy (non-hydrogen) atoms. The number of hydrogen-bond acceptors (Lipinski definition) is 4. The lowest BCUT2D eigenvalue weighted by atomic mass is 9.98. The van der Waals surface area contributed by atoms with E-state index in [1.54, 1.807) is 42.6 Å². The molecule has 142 valence electrons. The summed E-state index contributed by atoms with van der Waals surface area (Å²) in [6, 6.07) is 16.9. The third-order valence-electron chi connectivity index (χ3n) is 4.91. The second kappa shape index (κ2) is 6.83. The Morgan fingerprint density at radius 3 is 2.55 bits per heavy atom. The maximum absolute atomic E-state index is 13.4. The molecule has 3 heterocycles. The normalized spacial score (nSPS) is 15.7. The summed E-state index contributed by atoms with van der Waals surface area (Å²) in [5.74, 6) is 0.0715. The molecule has 4 aromatic rings. The largest absolute Gasteiger partial charge is 0.450 e. The zero-order chi connectivity index (χ0) is 20.1. The van der Waals surface area contributed by atoms with Crippen LogP contribution in [-0.2, 0) is 0 Å². The highest BCUT2D eigenvalue weighted by Gasteiger charge is 2.44. The molecule has 1 aliphatic rings. The number of aromatic nitrogens is 1. The van der Waals surface area contributed by atoms with Crippen molar-refractivity contribution in [3.63, 3.8) is 0 Å². The first-order chi connectivity index (χ1) is 14.0. The molecule has 2 aromatic carbocycles. The monoisotopic (exact) mass is 466 g/mol. The van der Waals surface area contributed by atoms with Gasteiger partial charge in [-0.1, -0.05) is 45.7 Å². The maximum atomic E-state index is 13.4. The van der Waals surface area contributed by atoms with E-state index in [1.165, 1.54) is 4.90 Å². The van der Waals surface area contributed by atoms with Crippen LogP contribution in [0.15, 0.2) is 80.5 Å². The molecular weight excluding hydrogens is 456 g/mol. The van der Waals surface area contributed by atoms with Crippen molar-refractivity contribution in [3.8, 4) is 0 Å². The van der Waals surface area contributed by atoms with Crippen molar-refractivity contribution in [1.29, 1.82) is 0 Å². The van der Waals surface area contributed by atoms with Crippen LogP contribution in [0.5, 0.6) is 0 Å². The first kappa shape index (κ1) is 18.1. The van der Waals surface area contributed by atoms with Crippen LogP contribution < -0.4 is 10.3 Å². The lowest BCUT2D eigenvalue weighted by Gasteiger charge is -2.24. The fourth-order valence-electron chi connectivity index (χ4n) is 3.64. The average molecular weight is 468 g/mol. The maximum Gasteiger partial charge on any atom is 0.296 e. The van der Waals surface area contributed by atoms with E-state index in [0.29, 0.717) is 21.8 Å². The minimum atomic E-state index is -0.653. The summed E-state index contributed by atoms with van der Waals surface area (Å²) < 4.78 is 6.79. The van der Waals surface area contributed by atoms with E-state index >= 15 is 0 Å². The third kappa shape index (κ3) is 2.87. The molecule has 7 heteroatoms. The molecular formula is C22H12BrClN2O3. The molecule has 0 radical (unpaired) electrons. The second-order valence-corrected chi connectivity index (χ2v) is 7.98. The summed E-state index contributed by atoms with van der Waals surface area (Å²) in [6.07, 6.45) is 1.61. The van der Waals surface area contributed by atoms with E-state index in [-0.39, 0.29) is 16.8 Å². The van der Waals surface area contributed by atoms with Crippen LogP contribution >= 0.6 is 27.5 Å². The van der Waals surface area contributed by atoms with E-state index in [1.807, 2.05) is 24.3 Å². The highest BCUT2D eigenvalue weighted by atomic mass is 79.9. The van der Waals surface area contributed by atoms with Crippen LogP contribution in [0.25, 0.3) is 11.0 Å². The number of pyridine rings is 1. The lowest BCUT2D eigenvalue weighted by Crippen LogP contribution is -2.30. The predicted octanol–water partition coefficient (Wildman–Crippen LogP) is 5.35. The molecule has 0 fully saturated rings. The van der Waals surface area contributed by atoms with E-state index in [4.69, 9.17) is 16.0 Å². The van der Waals surface area contributed by atoms with E-state index in [0.717, 1.165) is 10.0 Å². The van der Waals surface area contributed by atoms with Crippen LogP contribution in [0.2, 0.25) is 5.02 Å². The van der Waals surface area contributed by atoms with Gasteiger partial charge in [0.1, 0.15) is 11.4 Å². The number of rotatable bonds is 2. The van der Waals surface area contributed by atoms with Gasteiger partial charge in [-0.25, -0.2) is 4.98 Å². The second-order valence-electron chi connectivity index (χ2n) is 6.63. The van der Waals surface area contributed by atoms with Crippen LogP contribution in [0, 0.1) is 0 Å². The zero-order valence-electron chi connectivity index (χ0n) is 14.8. The summed E-state index contributed by atoms with van der Waals surface area (Å²) in [7, 11) is 0. The van der Waals surface area contributed by atoms with Crippen LogP contribution in [0.1, 0.15) is 27.7 Å². The van der Waals surface area contributed by atoms with Crippen molar-refractivity contribution < 1.29 is 9.21 Å². The molecule has 0 saturated heterocycles.